The van der Waals surface area contributed by atoms with Crippen molar-refractivity contribution in [2.45, 2.75) is 0 Å². The Balaban J connectivity index is 0. The van der Waals surface area contributed by atoms with Crippen LogP contribution in [0.2, 0.25) is 0 Å². The van der Waals surface area contributed by atoms with Crippen LogP contribution in [0.15, 0.2) is 24.3 Å². The largest absolute Gasteiger partial charge is 0.274 e. The van der Waals surface area contributed by atoms with E-state index in [0.29, 0.717) is 11.1 Å². The van der Waals surface area contributed by atoms with Gasteiger partial charge in [0.2, 0.25) is 0 Å². The smallest absolute Gasteiger partial charge is 0.101 e. The molecule has 0 atom stereocenters. The van der Waals surface area contributed by atoms with E-state index in [4.69, 9.17) is 10.5 Å². The lowest BCUT2D eigenvalue weighted by Gasteiger charge is -1.88. The molecule has 0 spiro atoms. The number of hydrogen-bond donors (Lipinski definition) is 2. The molecule has 5 heteroatoms. The maximum Gasteiger partial charge on any atom is 0.101 e. The van der Waals surface area contributed by atoms with Crippen molar-refractivity contribution < 1.29 is 0 Å². The number of benzene rings is 1. The normalized spacial score (nSPS) is 6.46. The van der Waals surface area contributed by atoms with Gasteiger partial charge in [-0.3, -0.25) is 11.7 Å². The van der Waals surface area contributed by atoms with Crippen molar-refractivity contribution in [1.82, 2.24) is 0 Å². The molecule has 1 rings (SSSR count). The molecule has 0 heterocycles. The second-order valence-electron chi connectivity index (χ2n) is 1.77. The number of halogens is 1. The molecule has 0 radical (unpaired) electrons. The highest BCUT2D eigenvalue weighted by atomic mass is 35.5. The van der Waals surface area contributed by atoms with Gasteiger partial charge in [0.05, 0.1) is 11.1 Å². The van der Waals surface area contributed by atoms with E-state index in [0.717, 1.165) is 0 Å². The SMILES string of the molecule is Cl.N#Cc1ccccc1C#N.NN. The van der Waals surface area contributed by atoms with Crippen LogP contribution in [-0.2, 0) is 0 Å². The van der Waals surface area contributed by atoms with Crippen LogP contribution in [0.3, 0.4) is 0 Å². The van der Waals surface area contributed by atoms with Gasteiger partial charge in [-0.1, -0.05) is 12.1 Å². The standard InChI is InChI=1S/C8H4N2.ClH.H4N2/c9-5-7-3-1-2-4-8(7)6-10;;1-2/h1-4H;1H;1-2H2. The van der Waals surface area contributed by atoms with E-state index in [1.807, 2.05) is 12.1 Å². The van der Waals surface area contributed by atoms with E-state index >= 15 is 0 Å². The fraction of sp³-hybridized carbons (Fsp3) is 0. The molecule has 0 aliphatic heterocycles. The van der Waals surface area contributed by atoms with Gasteiger partial charge in [0.1, 0.15) is 12.1 Å². The van der Waals surface area contributed by atoms with Crippen LogP contribution in [0.25, 0.3) is 0 Å². The molecule has 0 aromatic heterocycles. The van der Waals surface area contributed by atoms with Gasteiger partial charge in [-0.2, -0.15) is 10.5 Å². The summed E-state index contributed by atoms with van der Waals surface area (Å²) in [6, 6.07) is 10.6. The lowest BCUT2D eigenvalue weighted by Crippen LogP contribution is -2.02. The predicted octanol–water partition coefficient (Wildman–Crippen LogP) is 0.671. The Morgan fingerprint density at radius 3 is 1.46 bits per heavy atom. The Kier molecular flexibility index (Phi) is 9.14. The lowest BCUT2D eigenvalue weighted by atomic mass is 10.1. The molecule has 0 aliphatic carbocycles. The zero-order valence-corrected chi connectivity index (χ0v) is 7.58. The number of hydrogen-bond acceptors (Lipinski definition) is 4. The fourth-order valence-electron chi connectivity index (χ4n) is 0.678. The first-order valence-corrected chi connectivity index (χ1v) is 3.11. The van der Waals surface area contributed by atoms with Crippen molar-refractivity contribution in [3.8, 4) is 12.1 Å². The summed E-state index contributed by atoms with van der Waals surface area (Å²) >= 11 is 0. The molecule has 1 aromatic rings. The van der Waals surface area contributed by atoms with E-state index in [1.165, 1.54) is 0 Å². The Morgan fingerprint density at radius 1 is 0.923 bits per heavy atom. The minimum Gasteiger partial charge on any atom is -0.274 e. The zero-order valence-electron chi connectivity index (χ0n) is 6.77. The van der Waals surface area contributed by atoms with Gasteiger partial charge >= 0.3 is 0 Å². The third-order valence-corrected chi connectivity index (χ3v) is 1.17. The van der Waals surface area contributed by atoms with Gasteiger partial charge in [0.25, 0.3) is 0 Å². The summed E-state index contributed by atoms with van der Waals surface area (Å²) in [6.07, 6.45) is 0. The average Bonchev–Trinajstić information content (AvgIpc) is 2.20. The van der Waals surface area contributed by atoms with Crippen molar-refractivity contribution >= 4 is 12.4 Å². The maximum atomic E-state index is 8.45. The minimum atomic E-state index is 0. The highest BCUT2D eigenvalue weighted by Gasteiger charge is 1.95. The molecule has 0 bridgehead atoms. The van der Waals surface area contributed by atoms with E-state index in [2.05, 4.69) is 11.7 Å². The lowest BCUT2D eigenvalue weighted by molar-refractivity contribution is 1.26. The van der Waals surface area contributed by atoms with Crippen molar-refractivity contribution in [3.63, 3.8) is 0 Å². The molecule has 1 aromatic carbocycles. The van der Waals surface area contributed by atoms with Crippen LogP contribution in [0.5, 0.6) is 0 Å². The summed E-state index contributed by atoms with van der Waals surface area (Å²) in [7, 11) is 0. The van der Waals surface area contributed by atoms with Gasteiger partial charge in [-0.25, -0.2) is 0 Å². The zero-order chi connectivity index (χ0) is 9.40. The van der Waals surface area contributed by atoms with Crippen molar-refractivity contribution in [3.05, 3.63) is 35.4 Å². The van der Waals surface area contributed by atoms with Crippen LogP contribution < -0.4 is 11.7 Å². The molecule has 68 valence electrons. The molecule has 4 nitrogen and oxygen atoms in total. The molecule has 0 unspecified atom stereocenters. The number of nitrogens with zero attached hydrogens (tertiary/aromatic N) is 2. The monoisotopic (exact) mass is 196 g/mol. The second-order valence-corrected chi connectivity index (χ2v) is 1.77. The number of nitriles is 2. The summed E-state index contributed by atoms with van der Waals surface area (Å²) < 4.78 is 0. The Hall–Kier alpha value is -1.59. The van der Waals surface area contributed by atoms with E-state index in [1.54, 1.807) is 24.3 Å². The van der Waals surface area contributed by atoms with Crippen molar-refractivity contribution in [2.24, 2.45) is 11.7 Å². The summed E-state index contributed by atoms with van der Waals surface area (Å²) in [6.45, 7) is 0. The van der Waals surface area contributed by atoms with Gasteiger partial charge in [-0.15, -0.1) is 12.4 Å². The Labute approximate surface area is 82.8 Å². The van der Waals surface area contributed by atoms with Crippen LogP contribution in [0.4, 0.5) is 0 Å². The van der Waals surface area contributed by atoms with E-state index in [9.17, 15) is 0 Å². The van der Waals surface area contributed by atoms with Gasteiger partial charge in [0.15, 0.2) is 0 Å². The topological polar surface area (TPSA) is 99.6 Å². The quantitative estimate of drug-likeness (QED) is 0.471. The fourth-order valence-corrected chi connectivity index (χ4v) is 0.678. The molecule has 13 heavy (non-hydrogen) atoms. The van der Waals surface area contributed by atoms with Gasteiger partial charge in [0, 0.05) is 0 Å². The van der Waals surface area contributed by atoms with Crippen LogP contribution in [-0.4, -0.2) is 0 Å². The maximum absolute atomic E-state index is 8.45. The minimum absolute atomic E-state index is 0. The molecule has 4 N–H and O–H groups in total. The molecule has 0 fully saturated rings. The number of hydrazine groups is 1. The summed E-state index contributed by atoms with van der Waals surface area (Å²) in [5.41, 5.74) is 0.870. The Bertz CT molecular complexity index is 291. The highest BCUT2D eigenvalue weighted by molar-refractivity contribution is 5.85. The predicted molar refractivity (Wildman–Crippen MR) is 51.5 cm³/mol. The molecular formula is C8H9ClN4. The molecule has 0 saturated carbocycles. The summed E-state index contributed by atoms with van der Waals surface area (Å²) in [5, 5.41) is 16.9. The van der Waals surface area contributed by atoms with E-state index in [-0.39, 0.29) is 12.4 Å². The Morgan fingerprint density at radius 2 is 1.23 bits per heavy atom. The summed E-state index contributed by atoms with van der Waals surface area (Å²) in [5.74, 6) is 8.00. The summed E-state index contributed by atoms with van der Waals surface area (Å²) in [4.78, 5) is 0. The van der Waals surface area contributed by atoms with E-state index < -0.39 is 0 Å². The number of rotatable bonds is 0. The third-order valence-electron chi connectivity index (χ3n) is 1.17. The van der Waals surface area contributed by atoms with Crippen LogP contribution in [0.1, 0.15) is 11.1 Å². The number of nitrogens with two attached hydrogens (primary N) is 2. The highest BCUT2D eigenvalue weighted by Crippen LogP contribution is 2.03. The van der Waals surface area contributed by atoms with Crippen LogP contribution in [0, 0.1) is 22.7 Å². The first kappa shape index (κ1) is 14.0. The first-order chi connectivity index (χ1) is 5.88. The second kappa shape index (κ2) is 8.51. The first-order valence-electron chi connectivity index (χ1n) is 3.11. The third kappa shape index (κ3) is 4.09. The van der Waals surface area contributed by atoms with Gasteiger partial charge < -0.3 is 0 Å². The molecule has 0 saturated heterocycles. The molecular weight excluding hydrogens is 188 g/mol. The van der Waals surface area contributed by atoms with Crippen molar-refractivity contribution in [1.29, 1.82) is 10.5 Å². The van der Waals surface area contributed by atoms with Gasteiger partial charge in [-0.05, 0) is 12.1 Å². The van der Waals surface area contributed by atoms with Crippen LogP contribution >= 0.6 is 12.4 Å². The molecule has 0 amide bonds. The molecule has 0 aliphatic rings. The average molecular weight is 197 g/mol. The van der Waals surface area contributed by atoms with Crippen molar-refractivity contribution in [2.75, 3.05) is 0 Å².